The number of nitrogen functional groups attached to an aromatic ring is 1. The number of nitrogens with two attached hydrogens (primary N) is 1. The minimum atomic E-state index is -0.828. The van der Waals surface area contributed by atoms with Crippen molar-refractivity contribution in [3.63, 3.8) is 0 Å². The maximum atomic E-state index is 12.0. The lowest BCUT2D eigenvalue weighted by Gasteiger charge is -2.30. The van der Waals surface area contributed by atoms with Crippen LogP contribution >= 0.6 is 11.3 Å². The van der Waals surface area contributed by atoms with Crippen molar-refractivity contribution in [1.29, 1.82) is 0 Å². The van der Waals surface area contributed by atoms with Crippen LogP contribution in [0, 0.1) is 5.92 Å². The number of piperidine rings is 1. The number of carboxylic acid groups (broad SMARTS) is 1. The first-order valence-corrected chi connectivity index (χ1v) is 6.64. The minimum absolute atomic E-state index is 0.0775. The molecule has 1 aromatic heterocycles. The van der Waals surface area contributed by atoms with E-state index in [-0.39, 0.29) is 12.3 Å². The maximum Gasteiger partial charge on any atom is 0.308 e. The lowest BCUT2D eigenvalue weighted by atomic mass is 9.98. The average molecular weight is 269 g/mol. The van der Waals surface area contributed by atoms with Crippen LogP contribution in [0.3, 0.4) is 0 Å². The van der Waals surface area contributed by atoms with Crippen molar-refractivity contribution in [2.24, 2.45) is 5.92 Å². The number of carboxylic acids is 1. The number of aliphatic carboxylic acids is 1. The van der Waals surface area contributed by atoms with Crippen LogP contribution in [-0.4, -0.2) is 40.0 Å². The number of thiazole rings is 1. The highest BCUT2D eigenvalue weighted by Crippen LogP contribution is 2.18. The SMILES string of the molecule is Nc1nc(CC(=O)N2CCCC(C(=O)O)C2)cs1. The van der Waals surface area contributed by atoms with Crippen LogP contribution in [-0.2, 0) is 16.0 Å². The molecule has 0 saturated carbocycles. The van der Waals surface area contributed by atoms with E-state index < -0.39 is 11.9 Å². The third kappa shape index (κ3) is 2.98. The molecule has 0 aromatic carbocycles. The number of hydrogen-bond donors (Lipinski definition) is 2. The number of amides is 1. The van der Waals surface area contributed by atoms with E-state index in [1.165, 1.54) is 11.3 Å². The van der Waals surface area contributed by atoms with E-state index >= 15 is 0 Å². The number of anilines is 1. The van der Waals surface area contributed by atoms with Crippen LogP contribution in [0.5, 0.6) is 0 Å². The number of carbonyl (C=O) groups is 2. The fourth-order valence-electron chi connectivity index (χ4n) is 2.08. The Labute approximate surface area is 108 Å². The smallest absolute Gasteiger partial charge is 0.308 e. The molecule has 1 amide bonds. The molecule has 1 saturated heterocycles. The fraction of sp³-hybridized carbons (Fsp3) is 0.545. The summed E-state index contributed by atoms with van der Waals surface area (Å²) >= 11 is 1.30. The molecule has 3 N–H and O–H groups in total. The van der Waals surface area contributed by atoms with Gasteiger partial charge in [0.25, 0.3) is 0 Å². The highest BCUT2D eigenvalue weighted by Gasteiger charge is 2.28. The second kappa shape index (κ2) is 5.34. The molecular weight excluding hydrogens is 254 g/mol. The quantitative estimate of drug-likeness (QED) is 0.837. The molecule has 1 aromatic rings. The van der Waals surface area contributed by atoms with E-state index in [1.807, 2.05) is 0 Å². The van der Waals surface area contributed by atoms with Gasteiger partial charge in [0.1, 0.15) is 0 Å². The molecule has 0 radical (unpaired) electrons. The monoisotopic (exact) mass is 269 g/mol. The predicted octanol–water partition coefficient (Wildman–Crippen LogP) is 0.591. The number of aromatic nitrogens is 1. The first-order chi connectivity index (χ1) is 8.56. The van der Waals surface area contributed by atoms with Crippen molar-refractivity contribution < 1.29 is 14.7 Å². The molecule has 18 heavy (non-hydrogen) atoms. The predicted molar refractivity (Wildman–Crippen MR) is 67.2 cm³/mol. The van der Waals surface area contributed by atoms with E-state index in [1.54, 1.807) is 10.3 Å². The lowest BCUT2D eigenvalue weighted by molar-refractivity contribution is -0.145. The van der Waals surface area contributed by atoms with Crippen LogP contribution in [0.1, 0.15) is 18.5 Å². The van der Waals surface area contributed by atoms with Gasteiger partial charge in [-0.2, -0.15) is 0 Å². The number of rotatable bonds is 3. The molecule has 1 unspecified atom stereocenters. The number of nitrogens with zero attached hydrogens (tertiary/aromatic N) is 2. The number of likely N-dealkylation sites (tertiary alicyclic amines) is 1. The number of hydrogen-bond acceptors (Lipinski definition) is 5. The minimum Gasteiger partial charge on any atom is -0.481 e. The summed E-state index contributed by atoms with van der Waals surface area (Å²) in [5.74, 6) is -1.35. The van der Waals surface area contributed by atoms with Crippen molar-refractivity contribution in [2.75, 3.05) is 18.8 Å². The van der Waals surface area contributed by atoms with Gasteiger partial charge >= 0.3 is 5.97 Å². The maximum absolute atomic E-state index is 12.0. The van der Waals surface area contributed by atoms with Gasteiger partial charge < -0.3 is 15.7 Å². The first kappa shape index (κ1) is 12.8. The summed E-state index contributed by atoms with van der Waals surface area (Å²) < 4.78 is 0. The zero-order valence-corrected chi connectivity index (χ0v) is 10.7. The summed E-state index contributed by atoms with van der Waals surface area (Å²) in [4.78, 5) is 28.6. The van der Waals surface area contributed by atoms with Crippen molar-refractivity contribution in [3.05, 3.63) is 11.1 Å². The van der Waals surface area contributed by atoms with Gasteiger partial charge in [-0.1, -0.05) is 0 Å². The van der Waals surface area contributed by atoms with Crippen LogP contribution < -0.4 is 5.73 Å². The van der Waals surface area contributed by atoms with Crippen LogP contribution in [0.2, 0.25) is 0 Å². The molecule has 6 nitrogen and oxygen atoms in total. The zero-order chi connectivity index (χ0) is 13.1. The normalized spacial score (nSPS) is 19.8. The standard InChI is InChI=1S/C11H15N3O3S/c12-11-13-8(6-18-11)4-9(15)14-3-1-2-7(5-14)10(16)17/h6-7H,1-5H2,(H2,12,13)(H,16,17). The van der Waals surface area contributed by atoms with Gasteiger partial charge in [-0.05, 0) is 12.8 Å². The van der Waals surface area contributed by atoms with Crippen LogP contribution in [0.4, 0.5) is 5.13 Å². The summed E-state index contributed by atoms with van der Waals surface area (Å²) in [5.41, 5.74) is 6.15. The van der Waals surface area contributed by atoms with Gasteiger partial charge in [0.15, 0.2) is 5.13 Å². The van der Waals surface area contributed by atoms with E-state index in [9.17, 15) is 9.59 Å². The molecule has 1 aliphatic rings. The Balaban J connectivity index is 1.94. The summed E-state index contributed by atoms with van der Waals surface area (Å²) in [6.45, 7) is 0.927. The van der Waals surface area contributed by atoms with Gasteiger partial charge in [0, 0.05) is 18.5 Å². The van der Waals surface area contributed by atoms with E-state index in [0.717, 1.165) is 6.42 Å². The van der Waals surface area contributed by atoms with Crippen molar-refractivity contribution >= 4 is 28.3 Å². The Morgan fingerprint density at radius 3 is 3.00 bits per heavy atom. The molecule has 0 spiro atoms. The van der Waals surface area contributed by atoms with Crippen molar-refractivity contribution in [3.8, 4) is 0 Å². The highest BCUT2D eigenvalue weighted by atomic mass is 32.1. The molecule has 2 rings (SSSR count). The Morgan fingerprint density at radius 2 is 2.39 bits per heavy atom. The highest BCUT2D eigenvalue weighted by molar-refractivity contribution is 7.13. The molecule has 1 fully saturated rings. The van der Waals surface area contributed by atoms with Gasteiger partial charge in [-0.3, -0.25) is 9.59 Å². The third-order valence-electron chi connectivity index (χ3n) is 3.03. The van der Waals surface area contributed by atoms with E-state index in [0.29, 0.717) is 30.3 Å². The van der Waals surface area contributed by atoms with Crippen LogP contribution in [0.15, 0.2) is 5.38 Å². The second-order valence-electron chi connectivity index (χ2n) is 4.37. The Bertz CT molecular complexity index is 460. The van der Waals surface area contributed by atoms with Crippen molar-refractivity contribution in [1.82, 2.24) is 9.88 Å². The molecule has 7 heteroatoms. The fourth-order valence-corrected chi connectivity index (χ4v) is 2.64. The molecule has 0 aliphatic carbocycles. The summed E-state index contributed by atoms with van der Waals surface area (Å²) in [7, 11) is 0. The molecule has 1 atom stereocenters. The van der Waals surface area contributed by atoms with Gasteiger partial charge in [0.05, 0.1) is 18.0 Å². The Kier molecular flexibility index (Phi) is 3.81. The lowest BCUT2D eigenvalue weighted by Crippen LogP contribution is -2.43. The number of carbonyl (C=O) groups excluding carboxylic acids is 1. The average Bonchev–Trinajstić information content (AvgIpc) is 2.75. The van der Waals surface area contributed by atoms with Gasteiger partial charge in [-0.15, -0.1) is 11.3 Å². The van der Waals surface area contributed by atoms with Gasteiger partial charge in [0.2, 0.25) is 5.91 Å². The molecule has 1 aliphatic heterocycles. The Hall–Kier alpha value is -1.63. The summed E-state index contributed by atoms with van der Waals surface area (Å²) in [5, 5.41) is 11.2. The van der Waals surface area contributed by atoms with Crippen molar-refractivity contribution in [2.45, 2.75) is 19.3 Å². The van der Waals surface area contributed by atoms with Crippen LogP contribution in [0.25, 0.3) is 0 Å². The summed E-state index contributed by atoms with van der Waals surface area (Å²) in [6.07, 6.45) is 1.57. The second-order valence-corrected chi connectivity index (χ2v) is 5.26. The van der Waals surface area contributed by atoms with Gasteiger partial charge in [-0.25, -0.2) is 4.98 Å². The summed E-state index contributed by atoms with van der Waals surface area (Å²) in [6, 6.07) is 0. The Morgan fingerprint density at radius 1 is 1.61 bits per heavy atom. The zero-order valence-electron chi connectivity index (χ0n) is 9.83. The first-order valence-electron chi connectivity index (χ1n) is 5.76. The third-order valence-corrected chi connectivity index (χ3v) is 3.75. The largest absolute Gasteiger partial charge is 0.481 e. The molecule has 2 heterocycles. The molecule has 0 bridgehead atoms. The van der Waals surface area contributed by atoms with E-state index in [2.05, 4.69) is 4.98 Å². The molecular formula is C11H15N3O3S. The molecule has 98 valence electrons. The van der Waals surface area contributed by atoms with E-state index in [4.69, 9.17) is 10.8 Å². The topological polar surface area (TPSA) is 96.5 Å².